The number of pyridine rings is 1. The molecule has 0 atom stereocenters. The van der Waals surface area contributed by atoms with Crippen molar-refractivity contribution in [2.24, 2.45) is 0 Å². The quantitative estimate of drug-likeness (QED) is 0.822. The summed E-state index contributed by atoms with van der Waals surface area (Å²) in [6, 6.07) is 0.532. The van der Waals surface area contributed by atoms with Gasteiger partial charge in [0, 0.05) is 17.0 Å². The fourth-order valence-electron chi connectivity index (χ4n) is 1.74. The van der Waals surface area contributed by atoms with Crippen LogP contribution in [0.15, 0.2) is 22.7 Å². The normalized spacial score (nSPS) is 13.2. The third kappa shape index (κ3) is 4.90. The second-order valence-corrected chi connectivity index (χ2v) is 9.24. The van der Waals surface area contributed by atoms with Gasteiger partial charge in [-0.05, 0) is 6.07 Å². The fourth-order valence-corrected chi connectivity index (χ4v) is 4.23. The molecule has 0 saturated carbocycles. The van der Waals surface area contributed by atoms with Crippen LogP contribution in [0.1, 0.15) is 37.0 Å². The average molecular weight is 414 g/mol. The van der Waals surface area contributed by atoms with Crippen LogP contribution in [0, 0.1) is 0 Å². The minimum Gasteiger partial charge on any atom is -0.244 e. The fraction of sp³-hybridized carbons (Fsp3) is 0.429. The van der Waals surface area contributed by atoms with E-state index < -0.39 is 31.8 Å². The lowest BCUT2D eigenvalue weighted by atomic mass is 9.93. The lowest BCUT2D eigenvalue weighted by Crippen LogP contribution is -2.25. The Morgan fingerprint density at radius 1 is 1.28 bits per heavy atom. The van der Waals surface area contributed by atoms with E-state index in [1.54, 1.807) is 0 Å². The molecule has 0 aliphatic heterocycles. The van der Waals surface area contributed by atoms with E-state index in [2.05, 4.69) is 14.7 Å². The molecule has 0 radical (unpaired) electrons. The van der Waals surface area contributed by atoms with E-state index in [4.69, 9.17) is 11.6 Å². The number of thiazole rings is 1. The summed E-state index contributed by atoms with van der Waals surface area (Å²) in [5.74, 6) is 0. The second kappa shape index (κ2) is 6.82. The molecule has 5 nitrogen and oxygen atoms in total. The minimum absolute atomic E-state index is 0.109. The first-order valence-corrected chi connectivity index (χ1v) is 9.72. The van der Waals surface area contributed by atoms with Gasteiger partial charge in [0.1, 0.15) is 5.01 Å². The van der Waals surface area contributed by atoms with E-state index in [1.807, 2.05) is 26.2 Å². The molecule has 0 spiro atoms. The maximum Gasteiger partial charge on any atom is 0.417 e. The predicted octanol–water partition coefficient (Wildman–Crippen LogP) is 3.99. The van der Waals surface area contributed by atoms with E-state index in [0.29, 0.717) is 17.3 Å². The summed E-state index contributed by atoms with van der Waals surface area (Å²) >= 11 is 6.95. The summed E-state index contributed by atoms with van der Waals surface area (Å²) < 4.78 is 64.5. The Hall–Kier alpha value is -1.23. The van der Waals surface area contributed by atoms with Crippen LogP contribution in [0.3, 0.4) is 0 Å². The summed E-state index contributed by atoms with van der Waals surface area (Å²) in [5.41, 5.74) is -0.477. The molecule has 2 heterocycles. The van der Waals surface area contributed by atoms with Crippen molar-refractivity contribution in [3.63, 3.8) is 0 Å². The molecule has 2 aromatic rings. The minimum atomic E-state index is -4.66. The second-order valence-electron chi connectivity index (χ2n) is 6.21. The Labute approximate surface area is 152 Å². The predicted molar refractivity (Wildman–Crippen MR) is 89.1 cm³/mol. The molecule has 0 bridgehead atoms. The summed E-state index contributed by atoms with van der Waals surface area (Å²) in [5, 5.41) is 1.09. The molecule has 0 aliphatic rings. The molecular formula is C14H15ClF3N3O2S2. The van der Waals surface area contributed by atoms with Crippen LogP contribution in [0.25, 0.3) is 0 Å². The van der Waals surface area contributed by atoms with Crippen molar-refractivity contribution in [1.82, 2.24) is 14.7 Å². The zero-order valence-corrected chi connectivity index (χ0v) is 15.9. The van der Waals surface area contributed by atoms with Gasteiger partial charge in [-0.3, -0.25) is 0 Å². The van der Waals surface area contributed by atoms with Crippen molar-refractivity contribution in [3.8, 4) is 0 Å². The molecule has 25 heavy (non-hydrogen) atoms. The Bertz CT molecular complexity index is 874. The lowest BCUT2D eigenvalue weighted by Gasteiger charge is -2.14. The maximum absolute atomic E-state index is 12.6. The molecule has 0 amide bonds. The number of hydrogen-bond donors (Lipinski definition) is 1. The SMILES string of the molecule is CC(C)(C)c1csc(CNS(=O)(=O)c2ncc(C(F)(F)F)cc2Cl)n1. The van der Waals surface area contributed by atoms with Gasteiger partial charge in [-0.1, -0.05) is 32.4 Å². The van der Waals surface area contributed by atoms with Gasteiger partial charge in [-0.2, -0.15) is 13.2 Å². The molecule has 0 unspecified atom stereocenters. The summed E-state index contributed by atoms with van der Waals surface area (Å²) in [7, 11) is -4.17. The van der Waals surface area contributed by atoms with Crippen LogP contribution >= 0.6 is 22.9 Å². The van der Waals surface area contributed by atoms with Gasteiger partial charge in [-0.15, -0.1) is 11.3 Å². The average Bonchev–Trinajstić information content (AvgIpc) is 2.93. The number of rotatable bonds is 4. The summed E-state index contributed by atoms with van der Waals surface area (Å²) in [6.07, 6.45) is -4.22. The number of hydrogen-bond acceptors (Lipinski definition) is 5. The van der Waals surface area contributed by atoms with Gasteiger partial charge in [0.25, 0.3) is 10.0 Å². The van der Waals surface area contributed by atoms with Crippen molar-refractivity contribution in [2.75, 3.05) is 0 Å². The standard InChI is InChI=1S/C14H15ClF3N3O2S2/c1-13(2,3)10-7-24-11(21-10)6-20-25(22,23)12-9(15)4-8(5-19-12)14(16,17)18/h4-5,7,20H,6H2,1-3H3. The Morgan fingerprint density at radius 3 is 2.40 bits per heavy atom. The van der Waals surface area contributed by atoms with E-state index in [1.165, 1.54) is 11.3 Å². The number of nitrogens with zero attached hydrogens (tertiary/aromatic N) is 2. The van der Waals surface area contributed by atoms with Gasteiger partial charge < -0.3 is 0 Å². The molecule has 0 aromatic carbocycles. The van der Waals surface area contributed by atoms with E-state index in [9.17, 15) is 21.6 Å². The monoisotopic (exact) mass is 413 g/mol. The molecule has 0 saturated heterocycles. The molecule has 0 fully saturated rings. The Morgan fingerprint density at radius 2 is 1.92 bits per heavy atom. The van der Waals surface area contributed by atoms with Crippen LogP contribution in [-0.4, -0.2) is 18.4 Å². The van der Waals surface area contributed by atoms with Crippen molar-refractivity contribution in [3.05, 3.63) is 38.9 Å². The Kier molecular flexibility index (Phi) is 5.48. The topological polar surface area (TPSA) is 72.0 Å². The van der Waals surface area contributed by atoms with Crippen LogP contribution in [0.5, 0.6) is 0 Å². The number of halogens is 4. The van der Waals surface area contributed by atoms with Crippen LogP contribution in [0.4, 0.5) is 13.2 Å². The first-order chi connectivity index (χ1) is 11.3. The van der Waals surface area contributed by atoms with Crippen LogP contribution < -0.4 is 4.72 Å². The third-order valence-corrected chi connectivity index (χ3v) is 5.73. The highest BCUT2D eigenvalue weighted by Crippen LogP contribution is 2.32. The van der Waals surface area contributed by atoms with Crippen LogP contribution in [-0.2, 0) is 28.2 Å². The molecule has 1 N–H and O–H groups in total. The van der Waals surface area contributed by atoms with E-state index in [0.717, 1.165) is 5.69 Å². The number of alkyl halides is 3. The number of nitrogens with one attached hydrogen (secondary N) is 1. The zero-order chi connectivity index (χ0) is 19.0. The van der Waals surface area contributed by atoms with Gasteiger partial charge in [0.05, 0.1) is 22.8 Å². The molecule has 11 heteroatoms. The Balaban J connectivity index is 2.18. The van der Waals surface area contributed by atoms with Gasteiger partial charge in [-0.25, -0.2) is 23.1 Å². The van der Waals surface area contributed by atoms with Crippen molar-refractivity contribution in [1.29, 1.82) is 0 Å². The number of sulfonamides is 1. The maximum atomic E-state index is 12.6. The van der Waals surface area contributed by atoms with Crippen LogP contribution in [0.2, 0.25) is 5.02 Å². The van der Waals surface area contributed by atoms with Crippen molar-refractivity contribution in [2.45, 2.75) is 43.9 Å². The summed E-state index contributed by atoms with van der Waals surface area (Å²) in [6.45, 7) is 5.81. The summed E-state index contributed by atoms with van der Waals surface area (Å²) in [4.78, 5) is 7.69. The lowest BCUT2D eigenvalue weighted by molar-refractivity contribution is -0.137. The first kappa shape index (κ1) is 20.1. The highest BCUT2D eigenvalue weighted by Gasteiger charge is 2.33. The number of aromatic nitrogens is 2. The van der Waals surface area contributed by atoms with Gasteiger partial charge >= 0.3 is 6.18 Å². The van der Waals surface area contributed by atoms with Crippen molar-refractivity contribution < 1.29 is 21.6 Å². The molecule has 0 aliphatic carbocycles. The molecule has 2 aromatic heterocycles. The van der Waals surface area contributed by atoms with E-state index >= 15 is 0 Å². The highest BCUT2D eigenvalue weighted by molar-refractivity contribution is 7.89. The highest BCUT2D eigenvalue weighted by atomic mass is 35.5. The van der Waals surface area contributed by atoms with Gasteiger partial charge in [0.2, 0.25) is 0 Å². The smallest absolute Gasteiger partial charge is 0.244 e. The largest absolute Gasteiger partial charge is 0.417 e. The molecule has 138 valence electrons. The van der Waals surface area contributed by atoms with Gasteiger partial charge in [0.15, 0.2) is 5.03 Å². The first-order valence-electron chi connectivity index (χ1n) is 6.98. The molecule has 2 rings (SSSR count). The van der Waals surface area contributed by atoms with Crippen molar-refractivity contribution >= 4 is 33.0 Å². The zero-order valence-electron chi connectivity index (χ0n) is 13.5. The van der Waals surface area contributed by atoms with E-state index in [-0.39, 0.29) is 12.0 Å². The molecular weight excluding hydrogens is 399 g/mol. The third-order valence-electron chi connectivity index (χ3n) is 3.12.